The number of benzene rings is 3. The lowest BCUT2D eigenvalue weighted by Gasteiger charge is -2.30. The first-order valence-corrected chi connectivity index (χ1v) is 9.98. The first-order chi connectivity index (χ1) is 14.7. The van der Waals surface area contributed by atoms with Gasteiger partial charge >= 0.3 is 0 Å². The van der Waals surface area contributed by atoms with Gasteiger partial charge in [-0.3, -0.25) is 4.79 Å². The zero-order chi connectivity index (χ0) is 20.9. The molecule has 1 aliphatic rings. The molecule has 0 N–H and O–H groups in total. The van der Waals surface area contributed by atoms with Gasteiger partial charge in [-0.2, -0.15) is 0 Å². The fourth-order valence-corrected chi connectivity index (χ4v) is 3.60. The molecule has 30 heavy (non-hydrogen) atoms. The highest BCUT2D eigenvalue weighted by atomic mass is 16.5. The van der Waals surface area contributed by atoms with Gasteiger partial charge < -0.3 is 19.1 Å². The smallest absolute Gasteiger partial charge is 0.227 e. The molecule has 0 atom stereocenters. The molecule has 4 rings (SSSR count). The minimum Gasteiger partial charge on any atom is -0.497 e. The Kier molecular flexibility index (Phi) is 5.89. The Hall–Kier alpha value is -3.47. The van der Waals surface area contributed by atoms with Crippen LogP contribution in [0.1, 0.15) is 23.1 Å². The van der Waals surface area contributed by atoms with E-state index in [1.165, 1.54) is 0 Å². The molecular formula is C25H25NO4. The average Bonchev–Trinajstić information content (AvgIpc) is 2.80. The van der Waals surface area contributed by atoms with Crippen LogP contribution in [0, 0.1) is 0 Å². The number of nitrogens with zero attached hydrogens (tertiary/aromatic N) is 1. The molecule has 154 valence electrons. The third-order valence-electron chi connectivity index (χ3n) is 5.32. The average molecular weight is 403 g/mol. The number of rotatable bonds is 7. The van der Waals surface area contributed by atoms with Crippen molar-refractivity contribution in [2.75, 3.05) is 19.1 Å². The Morgan fingerprint density at radius 3 is 2.00 bits per heavy atom. The summed E-state index contributed by atoms with van der Waals surface area (Å²) in [6, 6.07) is 21.6. The van der Waals surface area contributed by atoms with Gasteiger partial charge in [0.15, 0.2) is 0 Å². The maximum absolute atomic E-state index is 12.6. The largest absolute Gasteiger partial charge is 0.497 e. The van der Waals surface area contributed by atoms with Gasteiger partial charge in [0.2, 0.25) is 5.91 Å². The maximum atomic E-state index is 12.6. The monoisotopic (exact) mass is 403 g/mol. The first-order valence-electron chi connectivity index (χ1n) is 9.98. The molecule has 1 aliphatic heterocycles. The normalized spacial score (nSPS) is 13.0. The van der Waals surface area contributed by atoms with Crippen LogP contribution in [0.25, 0.3) is 0 Å². The second-order valence-electron chi connectivity index (χ2n) is 7.26. The molecule has 0 saturated heterocycles. The van der Waals surface area contributed by atoms with Crippen molar-refractivity contribution >= 4 is 11.6 Å². The standard InChI is InChI=1S/C25H25NO4/c1-28-21-8-3-18(4-9-21)16-26-24-13-12-23(15-20(24)7-14-25(26)27)30-17-19-5-10-22(29-2)11-6-19/h3-6,8-13,15H,7,14,16-17H2,1-2H3. The van der Waals surface area contributed by atoms with Crippen molar-refractivity contribution in [3.05, 3.63) is 83.4 Å². The molecule has 0 radical (unpaired) electrons. The predicted octanol–water partition coefficient (Wildman–Crippen LogP) is 4.76. The molecule has 3 aromatic carbocycles. The minimum atomic E-state index is 0.144. The van der Waals surface area contributed by atoms with Crippen molar-refractivity contribution < 1.29 is 19.0 Å². The quantitative estimate of drug-likeness (QED) is 0.571. The van der Waals surface area contributed by atoms with Crippen LogP contribution in [0.4, 0.5) is 5.69 Å². The SMILES string of the molecule is COc1ccc(COc2ccc3c(c2)CCC(=O)N3Cc2ccc(OC)cc2)cc1. The Balaban J connectivity index is 1.47. The summed E-state index contributed by atoms with van der Waals surface area (Å²) in [5.74, 6) is 2.59. The van der Waals surface area contributed by atoms with Crippen LogP contribution < -0.4 is 19.1 Å². The zero-order valence-corrected chi connectivity index (χ0v) is 17.3. The van der Waals surface area contributed by atoms with Crippen molar-refractivity contribution in [3.63, 3.8) is 0 Å². The molecule has 1 heterocycles. The van der Waals surface area contributed by atoms with Crippen LogP contribution in [-0.4, -0.2) is 20.1 Å². The Morgan fingerprint density at radius 1 is 0.767 bits per heavy atom. The van der Waals surface area contributed by atoms with E-state index >= 15 is 0 Å². The van der Waals surface area contributed by atoms with Gasteiger partial charge in [-0.05, 0) is 65.6 Å². The van der Waals surface area contributed by atoms with E-state index < -0.39 is 0 Å². The third-order valence-corrected chi connectivity index (χ3v) is 5.32. The van der Waals surface area contributed by atoms with E-state index in [1.807, 2.05) is 71.6 Å². The Bertz CT molecular complexity index is 1010. The lowest BCUT2D eigenvalue weighted by molar-refractivity contribution is -0.119. The van der Waals surface area contributed by atoms with Crippen LogP contribution >= 0.6 is 0 Å². The van der Waals surface area contributed by atoms with Gasteiger partial charge in [0, 0.05) is 12.1 Å². The summed E-state index contributed by atoms with van der Waals surface area (Å²) in [6.45, 7) is 1.03. The lowest BCUT2D eigenvalue weighted by atomic mass is 10.00. The zero-order valence-electron chi connectivity index (χ0n) is 17.3. The summed E-state index contributed by atoms with van der Waals surface area (Å²) in [7, 11) is 3.30. The molecular weight excluding hydrogens is 378 g/mol. The second-order valence-corrected chi connectivity index (χ2v) is 7.26. The third kappa shape index (κ3) is 4.40. The van der Waals surface area contributed by atoms with Crippen molar-refractivity contribution in [3.8, 4) is 17.2 Å². The van der Waals surface area contributed by atoms with Gasteiger partial charge in [0.25, 0.3) is 0 Å². The molecule has 5 nitrogen and oxygen atoms in total. The molecule has 0 fully saturated rings. The molecule has 1 amide bonds. The van der Waals surface area contributed by atoms with Crippen molar-refractivity contribution in [2.45, 2.75) is 26.0 Å². The molecule has 0 aromatic heterocycles. The highest BCUT2D eigenvalue weighted by Gasteiger charge is 2.24. The Labute approximate surface area is 176 Å². The number of fused-ring (bicyclic) bond motifs is 1. The molecule has 5 heteroatoms. The molecule has 3 aromatic rings. The summed E-state index contributed by atoms with van der Waals surface area (Å²) in [5, 5.41) is 0. The summed E-state index contributed by atoms with van der Waals surface area (Å²) < 4.78 is 16.4. The fourth-order valence-electron chi connectivity index (χ4n) is 3.60. The van der Waals surface area contributed by atoms with Gasteiger partial charge in [-0.15, -0.1) is 0 Å². The second kappa shape index (κ2) is 8.91. The Morgan fingerprint density at radius 2 is 1.37 bits per heavy atom. The number of hydrogen-bond acceptors (Lipinski definition) is 4. The number of methoxy groups -OCH3 is 2. The lowest BCUT2D eigenvalue weighted by Crippen LogP contribution is -2.34. The number of amides is 1. The fraction of sp³-hybridized carbons (Fsp3) is 0.240. The van der Waals surface area contributed by atoms with E-state index in [9.17, 15) is 4.79 Å². The summed E-state index contributed by atoms with van der Waals surface area (Å²) >= 11 is 0. The number of aryl methyl sites for hydroxylation is 1. The van der Waals surface area contributed by atoms with Gasteiger partial charge in [0.1, 0.15) is 23.9 Å². The van der Waals surface area contributed by atoms with Gasteiger partial charge in [0.05, 0.1) is 20.8 Å². The molecule has 0 unspecified atom stereocenters. The van der Waals surface area contributed by atoms with E-state index in [2.05, 4.69) is 0 Å². The summed E-state index contributed by atoms with van der Waals surface area (Å²) in [4.78, 5) is 14.4. The highest BCUT2D eigenvalue weighted by Crippen LogP contribution is 2.32. The topological polar surface area (TPSA) is 48.0 Å². The van der Waals surface area contributed by atoms with E-state index in [0.717, 1.165) is 46.0 Å². The number of anilines is 1. The number of ether oxygens (including phenoxy) is 3. The van der Waals surface area contributed by atoms with Gasteiger partial charge in [-0.1, -0.05) is 24.3 Å². The number of carbonyl (C=O) groups is 1. The molecule has 0 saturated carbocycles. The molecule has 0 bridgehead atoms. The predicted molar refractivity (Wildman–Crippen MR) is 116 cm³/mol. The van der Waals surface area contributed by atoms with Crippen LogP contribution in [-0.2, 0) is 24.4 Å². The minimum absolute atomic E-state index is 0.144. The van der Waals surface area contributed by atoms with Crippen molar-refractivity contribution in [1.29, 1.82) is 0 Å². The van der Waals surface area contributed by atoms with E-state index in [1.54, 1.807) is 14.2 Å². The highest BCUT2D eigenvalue weighted by molar-refractivity contribution is 5.96. The first kappa shape index (κ1) is 19.8. The molecule has 0 spiro atoms. The van der Waals surface area contributed by atoms with Crippen LogP contribution in [0.3, 0.4) is 0 Å². The van der Waals surface area contributed by atoms with Crippen LogP contribution in [0.2, 0.25) is 0 Å². The summed E-state index contributed by atoms with van der Waals surface area (Å²) in [5.41, 5.74) is 4.23. The number of hydrogen-bond donors (Lipinski definition) is 0. The number of carbonyl (C=O) groups excluding carboxylic acids is 1. The van der Waals surface area contributed by atoms with Crippen molar-refractivity contribution in [1.82, 2.24) is 0 Å². The van der Waals surface area contributed by atoms with E-state index in [4.69, 9.17) is 14.2 Å². The maximum Gasteiger partial charge on any atom is 0.227 e. The van der Waals surface area contributed by atoms with E-state index in [-0.39, 0.29) is 5.91 Å². The van der Waals surface area contributed by atoms with E-state index in [0.29, 0.717) is 19.6 Å². The molecule has 0 aliphatic carbocycles. The van der Waals surface area contributed by atoms with Crippen molar-refractivity contribution in [2.24, 2.45) is 0 Å². The summed E-state index contributed by atoms with van der Waals surface area (Å²) in [6.07, 6.45) is 1.23. The van der Waals surface area contributed by atoms with Crippen LogP contribution in [0.15, 0.2) is 66.7 Å². The van der Waals surface area contributed by atoms with Gasteiger partial charge in [-0.25, -0.2) is 0 Å². The van der Waals surface area contributed by atoms with Crippen LogP contribution in [0.5, 0.6) is 17.2 Å².